The summed E-state index contributed by atoms with van der Waals surface area (Å²) in [5, 5.41) is 3.68. The summed E-state index contributed by atoms with van der Waals surface area (Å²) in [6.45, 7) is 15.9. The molecule has 0 saturated heterocycles. The minimum Gasteiger partial charge on any atom is -0.377 e. The van der Waals surface area contributed by atoms with E-state index in [-0.39, 0.29) is 0 Å². The normalized spacial score (nSPS) is 27.5. The van der Waals surface area contributed by atoms with Crippen LogP contribution in [-0.4, -0.2) is 25.3 Å². The van der Waals surface area contributed by atoms with Crippen LogP contribution in [0.15, 0.2) is 0 Å². The maximum absolute atomic E-state index is 6.24. The van der Waals surface area contributed by atoms with Gasteiger partial charge in [0.15, 0.2) is 0 Å². The maximum Gasteiger partial charge on any atom is 0.0733 e. The lowest BCUT2D eigenvalue weighted by atomic mass is 9.74. The first-order valence-corrected chi connectivity index (χ1v) is 8.08. The Bertz CT molecular complexity index is 254. The molecule has 2 unspecified atom stereocenters. The summed E-state index contributed by atoms with van der Waals surface area (Å²) in [6.07, 6.45) is 6.51. The molecule has 0 spiro atoms. The Balaban J connectivity index is 2.46. The van der Waals surface area contributed by atoms with Gasteiger partial charge in [0, 0.05) is 12.6 Å². The van der Waals surface area contributed by atoms with E-state index in [1.165, 1.54) is 25.7 Å². The average molecular weight is 269 g/mol. The molecule has 2 nitrogen and oxygen atoms in total. The first-order chi connectivity index (χ1) is 8.73. The molecule has 0 heterocycles. The minimum absolute atomic E-state index is 0.372. The smallest absolute Gasteiger partial charge is 0.0733 e. The molecule has 0 amide bonds. The molecule has 0 aromatic carbocycles. The fraction of sp³-hybridized carbons (Fsp3) is 1.00. The molecule has 0 aromatic heterocycles. The maximum atomic E-state index is 6.24. The summed E-state index contributed by atoms with van der Waals surface area (Å²) in [7, 11) is 0. The van der Waals surface area contributed by atoms with Crippen molar-refractivity contribution in [3.05, 3.63) is 0 Å². The van der Waals surface area contributed by atoms with Gasteiger partial charge in [0.05, 0.1) is 6.10 Å². The number of rotatable bonds is 6. The van der Waals surface area contributed by atoms with Crippen LogP contribution in [0.4, 0.5) is 0 Å². The summed E-state index contributed by atoms with van der Waals surface area (Å²) in [4.78, 5) is 0. The number of hydrogen-bond donors (Lipinski definition) is 1. The van der Waals surface area contributed by atoms with E-state index in [2.05, 4.69) is 46.9 Å². The van der Waals surface area contributed by atoms with Crippen molar-refractivity contribution in [1.82, 2.24) is 5.32 Å². The van der Waals surface area contributed by atoms with Crippen LogP contribution in [0.1, 0.15) is 73.6 Å². The molecule has 1 aliphatic rings. The van der Waals surface area contributed by atoms with Crippen molar-refractivity contribution >= 4 is 0 Å². The SMILES string of the molecule is CCCNC1CCC(C)(C)CC1OCCC(C)(C)C. The molecule has 0 aromatic rings. The van der Waals surface area contributed by atoms with Crippen molar-refractivity contribution in [1.29, 1.82) is 0 Å². The summed E-state index contributed by atoms with van der Waals surface area (Å²) in [5.41, 5.74) is 0.813. The summed E-state index contributed by atoms with van der Waals surface area (Å²) >= 11 is 0. The van der Waals surface area contributed by atoms with E-state index < -0.39 is 0 Å². The minimum atomic E-state index is 0.372. The Labute approximate surface area is 120 Å². The Morgan fingerprint density at radius 3 is 2.53 bits per heavy atom. The second-order valence-corrected chi connectivity index (χ2v) is 8.19. The van der Waals surface area contributed by atoms with Crippen molar-refractivity contribution in [2.45, 2.75) is 85.8 Å². The summed E-state index contributed by atoms with van der Waals surface area (Å²) < 4.78 is 6.24. The van der Waals surface area contributed by atoms with E-state index in [4.69, 9.17) is 4.74 Å². The van der Waals surface area contributed by atoms with E-state index in [0.29, 0.717) is 23.0 Å². The zero-order valence-corrected chi connectivity index (χ0v) is 14.0. The van der Waals surface area contributed by atoms with Crippen molar-refractivity contribution in [2.24, 2.45) is 10.8 Å². The molecular formula is C17H35NO. The molecule has 0 radical (unpaired) electrons. The zero-order chi connectivity index (χ0) is 14.5. The van der Waals surface area contributed by atoms with Crippen LogP contribution >= 0.6 is 0 Å². The fourth-order valence-electron chi connectivity index (χ4n) is 2.78. The predicted molar refractivity (Wildman–Crippen MR) is 83.5 cm³/mol. The number of hydrogen-bond acceptors (Lipinski definition) is 2. The van der Waals surface area contributed by atoms with Gasteiger partial charge in [0.25, 0.3) is 0 Å². The van der Waals surface area contributed by atoms with Gasteiger partial charge in [-0.1, -0.05) is 41.5 Å². The van der Waals surface area contributed by atoms with Crippen LogP contribution in [0.25, 0.3) is 0 Å². The lowest BCUT2D eigenvalue weighted by Crippen LogP contribution is -2.48. The highest BCUT2D eigenvalue weighted by Crippen LogP contribution is 2.37. The lowest BCUT2D eigenvalue weighted by molar-refractivity contribution is -0.0354. The molecule has 2 heteroatoms. The van der Waals surface area contributed by atoms with E-state index in [9.17, 15) is 0 Å². The monoisotopic (exact) mass is 269 g/mol. The molecule has 1 saturated carbocycles. The van der Waals surface area contributed by atoms with Gasteiger partial charge in [-0.3, -0.25) is 0 Å². The molecular weight excluding hydrogens is 234 g/mol. The van der Waals surface area contributed by atoms with Crippen molar-refractivity contribution in [3.8, 4) is 0 Å². The van der Waals surface area contributed by atoms with Gasteiger partial charge in [-0.25, -0.2) is 0 Å². The van der Waals surface area contributed by atoms with Crippen LogP contribution in [0, 0.1) is 10.8 Å². The topological polar surface area (TPSA) is 21.3 Å². The molecule has 1 N–H and O–H groups in total. The Morgan fingerprint density at radius 2 is 1.95 bits per heavy atom. The van der Waals surface area contributed by atoms with Crippen molar-refractivity contribution in [2.75, 3.05) is 13.2 Å². The molecule has 1 aliphatic carbocycles. The van der Waals surface area contributed by atoms with Crippen LogP contribution in [0.2, 0.25) is 0 Å². The average Bonchev–Trinajstić information content (AvgIpc) is 2.25. The van der Waals surface area contributed by atoms with Crippen LogP contribution < -0.4 is 5.32 Å². The number of nitrogens with one attached hydrogen (secondary N) is 1. The number of ether oxygens (including phenoxy) is 1. The van der Waals surface area contributed by atoms with Gasteiger partial charge >= 0.3 is 0 Å². The third kappa shape index (κ3) is 6.76. The largest absolute Gasteiger partial charge is 0.377 e. The van der Waals surface area contributed by atoms with Crippen LogP contribution in [-0.2, 0) is 4.74 Å². The molecule has 19 heavy (non-hydrogen) atoms. The van der Waals surface area contributed by atoms with Crippen LogP contribution in [0.5, 0.6) is 0 Å². The fourth-order valence-corrected chi connectivity index (χ4v) is 2.78. The highest BCUT2D eigenvalue weighted by atomic mass is 16.5. The van der Waals surface area contributed by atoms with Gasteiger partial charge in [0.2, 0.25) is 0 Å². The van der Waals surface area contributed by atoms with E-state index >= 15 is 0 Å². The van der Waals surface area contributed by atoms with E-state index in [0.717, 1.165) is 19.6 Å². The second-order valence-electron chi connectivity index (χ2n) is 8.19. The van der Waals surface area contributed by atoms with Gasteiger partial charge < -0.3 is 10.1 Å². The van der Waals surface area contributed by atoms with Crippen molar-refractivity contribution in [3.63, 3.8) is 0 Å². The molecule has 1 rings (SSSR count). The Kier molecular flexibility index (Phi) is 6.32. The summed E-state index contributed by atoms with van der Waals surface area (Å²) in [5.74, 6) is 0. The highest BCUT2D eigenvalue weighted by molar-refractivity contribution is 4.89. The first kappa shape index (κ1) is 17.0. The molecule has 0 bridgehead atoms. The van der Waals surface area contributed by atoms with E-state index in [1.54, 1.807) is 0 Å². The summed E-state index contributed by atoms with van der Waals surface area (Å²) in [6, 6.07) is 0.563. The van der Waals surface area contributed by atoms with Crippen molar-refractivity contribution < 1.29 is 4.74 Å². The Hall–Kier alpha value is -0.0800. The van der Waals surface area contributed by atoms with Gasteiger partial charge in [-0.15, -0.1) is 0 Å². The van der Waals surface area contributed by atoms with Gasteiger partial charge in [-0.05, 0) is 49.5 Å². The molecule has 1 fully saturated rings. The third-order valence-electron chi connectivity index (χ3n) is 4.18. The second kappa shape index (κ2) is 7.08. The molecule has 2 atom stereocenters. The highest BCUT2D eigenvalue weighted by Gasteiger charge is 2.35. The first-order valence-electron chi connectivity index (χ1n) is 8.08. The predicted octanol–water partition coefficient (Wildman–Crippen LogP) is 4.39. The molecule has 114 valence electrons. The van der Waals surface area contributed by atoms with Gasteiger partial charge in [0.1, 0.15) is 0 Å². The van der Waals surface area contributed by atoms with Gasteiger partial charge in [-0.2, -0.15) is 0 Å². The third-order valence-corrected chi connectivity index (χ3v) is 4.18. The Morgan fingerprint density at radius 1 is 1.26 bits per heavy atom. The standard InChI is InChI=1S/C17H35NO/c1-7-11-18-14-8-9-17(5,6)13-15(14)19-12-10-16(2,3)4/h14-15,18H,7-13H2,1-6H3. The van der Waals surface area contributed by atoms with E-state index in [1.807, 2.05) is 0 Å². The van der Waals surface area contributed by atoms with Crippen LogP contribution in [0.3, 0.4) is 0 Å². The lowest BCUT2D eigenvalue weighted by Gasteiger charge is -2.41. The molecule has 0 aliphatic heterocycles. The quantitative estimate of drug-likeness (QED) is 0.772. The zero-order valence-electron chi connectivity index (χ0n) is 14.0.